The van der Waals surface area contributed by atoms with Gasteiger partial charge in [-0.1, -0.05) is 56.3 Å². The summed E-state index contributed by atoms with van der Waals surface area (Å²) in [5, 5.41) is 1.09. The van der Waals surface area contributed by atoms with Crippen LogP contribution in [0, 0.1) is 6.92 Å². The molecule has 2 heterocycles. The van der Waals surface area contributed by atoms with Gasteiger partial charge in [-0.3, -0.25) is 4.99 Å². The molecule has 0 saturated carbocycles. The summed E-state index contributed by atoms with van der Waals surface area (Å²) >= 11 is 0. The zero-order valence-electron chi connectivity index (χ0n) is 15.5. The Kier molecular flexibility index (Phi) is 3.33. The van der Waals surface area contributed by atoms with E-state index in [-0.39, 0.29) is 11.0 Å². The van der Waals surface area contributed by atoms with Crippen LogP contribution < -0.4 is 0 Å². The van der Waals surface area contributed by atoms with E-state index in [0.717, 1.165) is 27.9 Å². The molecule has 25 heavy (non-hydrogen) atoms. The first-order chi connectivity index (χ1) is 11.8. The number of aryl methyl sites for hydroxylation is 1. The molecule has 1 aromatic heterocycles. The quantitative estimate of drug-likeness (QED) is 0.640. The minimum atomic E-state index is -0.237. The Morgan fingerprint density at radius 1 is 0.800 bits per heavy atom. The van der Waals surface area contributed by atoms with Crippen molar-refractivity contribution >= 4 is 16.6 Å². The summed E-state index contributed by atoms with van der Waals surface area (Å²) in [5.74, 6) is 0.715. The average molecular weight is 329 g/mol. The number of nitrogens with zero attached hydrogens (tertiary/aromatic N) is 3. The van der Waals surface area contributed by atoms with Crippen LogP contribution in [-0.2, 0) is 5.41 Å². The summed E-state index contributed by atoms with van der Waals surface area (Å²) < 4.78 is 0. The molecule has 126 valence electrons. The second kappa shape index (κ2) is 5.22. The van der Waals surface area contributed by atoms with Crippen molar-refractivity contribution in [1.29, 1.82) is 0 Å². The molecule has 4 rings (SSSR count). The Balaban J connectivity index is 2.01. The van der Waals surface area contributed by atoms with Gasteiger partial charge in [-0.2, -0.15) is 0 Å². The van der Waals surface area contributed by atoms with Crippen molar-refractivity contribution in [1.82, 2.24) is 9.97 Å². The first-order valence-electron chi connectivity index (χ1n) is 8.75. The fourth-order valence-electron chi connectivity index (χ4n) is 3.56. The molecule has 0 bridgehead atoms. The molecule has 0 saturated heterocycles. The third-order valence-corrected chi connectivity index (χ3v) is 5.78. The minimum absolute atomic E-state index is 0.0566. The topological polar surface area (TPSA) is 38.1 Å². The smallest absolute Gasteiger partial charge is 0.179 e. The summed E-state index contributed by atoms with van der Waals surface area (Å²) in [6.45, 7) is 10.9. The molecular formula is C22H23N3. The van der Waals surface area contributed by atoms with Crippen molar-refractivity contribution in [3.8, 4) is 0 Å². The van der Waals surface area contributed by atoms with Crippen molar-refractivity contribution in [3.63, 3.8) is 0 Å². The molecule has 0 radical (unpaired) electrons. The van der Waals surface area contributed by atoms with Gasteiger partial charge in [0.25, 0.3) is 0 Å². The highest BCUT2D eigenvalue weighted by Gasteiger charge is 2.44. The van der Waals surface area contributed by atoms with E-state index in [1.54, 1.807) is 0 Å². The predicted octanol–water partition coefficient (Wildman–Crippen LogP) is 4.85. The summed E-state index contributed by atoms with van der Waals surface area (Å²) in [6, 6.07) is 16.7. The van der Waals surface area contributed by atoms with E-state index < -0.39 is 0 Å². The zero-order valence-corrected chi connectivity index (χ0v) is 15.5. The van der Waals surface area contributed by atoms with Crippen molar-refractivity contribution in [2.75, 3.05) is 0 Å². The van der Waals surface area contributed by atoms with E-state index in [4.69, 9.17) is 15.0 Å². The van der Waals surface area contributed by atoms with Crippen molar-refractivity contribution in [2.45, 2.75) is 45.6 Å². The lowest BCUT2D eigenvalue weighted by molar-refractivity contribution is 0.303. The van der Waals surface area contributed by atoms with Gasteiger partial charge in [-0.15, -0.1) is 0 Å². The van der Waals surface area contributed by atoms with Gasteiger partial charge in [0.2, 0.25) is 0 Å². The van der Waals surface area contributed by atoms with Gasteiger partial charge in [0.15, 0.2) is 5.82 Å². The van der Waals surface area contributed by atoms with Gasteiger partial charge in [0.05, 0.1) is 11.1 Å². The van der Waals surface area contributed by atoms with Crippen LogP contribution in [0.25, 0.3) is 10.9 Å². The number of para-hydroxylation sites is 1. The molecule has 1 aliphatic rings. The lowest BCUT2D eigenvalue weighted by Crippen LogP contribution is -2.46. The van der Waals surface area contributed by atoms with E-state index in [0.29, 0.717) is 5.82 Å². The summed E-state index contributed by atoms with van der Waals surface area (Å²) in [6.07, 6.45) is 0. The van der Waals surface area contributed by atoms with Crippen LogP contribution in [0.4, 0.5) is 0 Å². The maximum atomic E-state index is 5.12. The third kappa shape index (κ3) is 2.30. The maximum Gasteiger partial charge on any atom is 0.179 e. The van der Waals surface area contributed by atoms with Crippen molar-refractivity contribution in [3.05, 3.63) is 71.2 Å². The first kappa shape index (κ1) is 15.9. The van der Waals surface area contributed by atoms with Crippen LogP contribution in [0.5, 0.6) is 0 Å². The summed E-state index contributed by atoms with van der Waals surface area (Å²) in [7, 11) is 0. The molecule has 0 amide bonds. The van der Waals surface area contributed by atoms with Crippen molar-refractivity contribution < 1.29 is 0 Å². The predicted molar refractivity (Wildman–Crippen MR) is 103 cm³/mol. The van der Waals surface area contributed by atoms with Crippen LogP contribution in [-0.4, -0.2) is 21.2 Å². The summed E-state index contributed by atoms with van der Waals surface area (Å²) in [4.78, 5) is 14.7. The van der Waals surface area contributed by atoms with Crippen LogP contribution in [0.15, 0.2) is 53.5 Å². The van der Waals surface area contributed by atoms with Crippen LogP contribution >= 0.6 is 0 Å². The Morgan fingerprint density at radius 3 is 2.28 bits per heavy atom. The lowest BCUT2D eigenvalue weighted by Gasteiger charge is -2.44. The molecule has 3 aromatic rings. The number of aromatic nitrogens is 2. The van der Waals surface area contributed by atoms with Crippen LogP contribution in [0.1, 0.15) is 50.3 Å². The van der Waals surface area contributed by atoms with E-state index in [1.807, 2.05) is 25.1 Å². The van der Waals surface area contributed by atoms with Gasteiger partial charge < -0.3 is 0 Å². The number of benzene rings is 2. The Hall–Kier alpha value is -2.55. The SMILES string of the molecule is Cc1nc(C2=NC(C)(C)C(C)(C)c3ccccc32)nc2ccccc12. The number of aliphatic imine (C=N–C) groups is 1. The van der Waals surface area contributed by atoms with Crippen molar-refractivity contribution in [2.24, 2.45) is 4.99 Å². The second-order valence-electron chi connectivity index (χ2n) is 7.84. The zero-order chi connectivity index (χ0) is 17.8. The third-order valence-electron chi connectivity index (χ3n) is 5.78. The maximum absolute atomic E-state index is 5.12. The van der Waals surface area contributed by atoms with Gasteiger partial charge in [0, 0.05) is 22.1 Å². The number of fused-ring (bicyclic) bond motifs is 2. The lowest BCUT2D eigenvalue weighted by atomic mass is 9.66. The van der Waals surface area contributed by atoms with E-state index in [1.165, 1.54) is 5.56 Å². The molecule has 3 nitrogen and oxygen atoms in total. The van der Waals surface area contributed by atoms with Gasteiger partial charge in [-0.25, -0.2) is 9.97 Å². The highest BCUT2D eigenvalue weighted by molar-refractivity contribution is 6.13. The molecule has 3 heteroatoms. The monoisotopic (exact) mass is 329 g/mol. The van der Waals surface area contributed by atoms with E-state index >= 15 is 0 Å². The van der Waals surface area contributed by atoms with Gasteiger partial charge >= 0.3 is 0 Å². The average Bonchev–Trinajstić information content (AvgIpc) is 2.58. The number of hydrogen-bond donors (Lipinski definition) is 0. The highest BCUT2D eigenvalue weighted by atomic mass is 15.0. The van der Waals surface area contributed by atoms with Crippen LogP contribution in [0.3, 0.4) is 0 Å². The molecule has 0 aliphatic carbocycles. The molecule has 0 fully saturated rings. The largest absolute Gasteiger partial charge is 0.274 e. The molecular weight excluding hydrogens is 306 g/mol. The standard InChI is InChI=1S/C22H23N3/c1-14-15-10-7-9-13-18(15)24-20(23-14)19-16-11-6-8-12-17(16)21(2,3)22(4,5)25-19/h6-13H,1-5H3. The Morgan fingerprint density at radius 2 is 1.48 bits per heavy atom. The fourth-order valence-corrected chi connectivity index (χ4v) is 3.56. The molecule has 0 spiro atoms. The van der Waals surface area contributed by atoms with Crippen LogP contribution in [0.2, 0.25) is 0 Å². The highest BCUT2D eigenvalue weighted by Crippen LogP contribution is 2.43. The van der Waals surface area contributed by atoms with E-state index in [2.05, 4.69) is 58.0 Å². The molecule has 2 aromatic carbocycles. The minimum Gasteiger partial charge on any atom is -0.274 e. The molecule has 0 N–H and O–H groups in total. The second-order valence-corrected chi connectivity index (χ2v) is 7.84. The van der Waals surface area contributed by atoms with Gasteiger partial charge in [0.1, 0.15) is 5.71 Å². The Bertz CT molecular complexity index is 1010. The van der Waals surface area contributed by atoms with E-state index in [9.17, 15) is 0 Å². The molecule has 1 aliphatic heterocycles. The molecule has 0 unspecified atom stereocenters. The first-order valence-corrected chi connectivity index (χ1v) is 8.75. The van der Waals surface area contributed by atoms with Gasteiger partial charge in [-0.05, 0) is 32.4 Å². The Labute approximate surface area is 148 Å². The summed E-state index contributed by atoms with van der Waals surface area (Å²) in [5.41, 5.74) is 5.00. The molecule has 0 atom stereocenters. The normalized spacial score (nSPS) is 17.9. The number of rotatable bonds is 1. The fraction of sp³-hybridized carbons (Fsp3) is 0.318. The number of hydrogen-bond acceptors (Lipinski definition) is 3.